The first kappa shape index (κ1) is 15.5. The van der Waals surface area contributed by atoms with Crippen LogP contribution >= 0.6 is 0 Å². The Morgan fingerprint density at radius 3 is 2.52 bits per heavy atom. The fourth-order valence-corrected chi connectivity index (χ4v) is 2.65. The summed E-state index contributed by atoms with van der Waals surface area (Å²) in [5.74, 6) is 3.18. The molecule has 1 N–H and O–H groups in total. The molecule has 1 unspecified atom stereocenters. The molecular formula is C16H21N3OSi. The summed E-state index contributed by atoms with van der Waals surface area (Å²) in [4.78, 5) is 3.93. The Labute approximate surface area is 126 Å². The maximum Gasteiger partial charge on any atom is 0.137 e. The number of nitrogens with zero attached hydrogens (tertiary/aromatic N) is 3. The highest BCUT2D eigenvalue weighted by molar-refractivity contribution is 6.83. The van der Waals surface area contributed by atoms with Gasteiger partial charge in [-0.1, -0.05) is 50.0 Å². The van der Waals surface area contributed by atoms with E-state index in [1.54, 1.807) is 11.0 Å². The molecule has 110 valence electrons. The van der Waals surface area contributed by atoms with Crippen molar-refractivity contribution in [3.05, 3.63) is 48.5 Å². The molecule has 2 rings (SSSR count). The Balaban J connectivity index is 2.27. The summed E-state index contributed by atoms with van der Waals surface area (Å²) in [6.45, 7) is 6.92. The molecule has 1 aromatic carbocycles. The van der Waals surface area contributed by atoms with E-state index >= 15 is 0 Å². The number of benzene rings is 1. The van der Waals surface area contributed by atoms with Gasteiger partial charge in [-0.25, -0.2) is 9.67 Å². The summed E-state index contributed by atoms with van der Waals surface area (Å²) in [5.41, 5.74) is 3.11. The van der Waals surface area contributed by atoms with Crippen molar-refractivity contribution in [2.45, 2.75) is 38.2 Å². The number of aromatic nitrogens is 3. The zero-order valence-electron chi connectivity index (χ0n) is 12.7. The molecule has 0 bridgehead atoms. The van der Waals surface area contributed by atoms with Crippen LogP contribution in [-0.4, -0.2) is 27.9 Å². The molecule has 1 heterocycles. The van der Waals surface area contributed by atoms with E-state index in [4.69, 9.17) is 0 Å². The van der Waals surface area contributed by atoms with Crippen molar-refractivity contribution < 1.29 is 5.11 Å². The second-order valence-electron chi connectivity index (χ2n) is 6.22. The van der Waals surface area contributed by atoms with Crippen LogP contribution in [0.3, 0.4) is 0 Å². The molecule has 1 aromatic heterocycles. The van der Waals surface area contributed by atoms with E-state index in [1.165, 1.54) is 6.33 Å². The molecule has 0 aliphatic carbocycles. The van der Waals surface area contributed by atoms with Crippen molar-refractivity contribution in [2.24, 2.45) is 0 Å². The highest BCUT2D eigenvalue weighted by atomic mass is 28.3. The molecule has 5 heteroatoms. The lowest BCUT2D eigenvalue weighted by Gasteiger charge is -2.26. The SMILES string of the molecule is C[Si](C)(C)C#CCC(O)(Cn1cncn1)c1ccccc1. The van der Waals surface area contributed by atoms with Crippen LogP contribution in [0.1, 0.15) is 12.0 Å². The van der Waals surface area contributed by atoms with Crippen LogP contribution in [0.4, 0.5) is 0 Å². The van der Waals surface area contributed by atoms with Gasteiger partial charge in [0.25, 0.3) is 0 Å². The minimum atomic E-state index is -1.44. The number of rotatable bonds is 4. The second-order valence-corrected chi connectivity index (χ2v) is 11.0. The fourth-order valence-electron chi connectivity index (χ4n) is 2.04. The Hall–Kier alpha value is -1.90. The minimum Gasteiger partial charge on any atom is -0.382 e. The van der Waals surface area contributed by atoms with Gasteiger partial charge in [-0.05, 0) is 5.56 Å². The van der Waals surface area contributed by atoms with Gasteiger partial charge in [-0.15, -0.1) is 11.5 Å². The smallest absolute Gasteiger partial charge is 0.137 e. The third kappa shape index (κ3) is 4.55. The molecule has 0 spiro atoms. The number of hydrogen-bond donors (Lipinski definition) is 1. The van der Waals surface area contributed by atoms with Crippen LogP contribution < -0.4 is 0 Å². The van der Waals surface area contributed by atoms with Crippen molar-refractivity contribution in [1.82, 2.24) is 14.8 Å². The van der Waals surface area contributed by atoms with Gasteiger partial charge in [-0.3, -0.25) is 0 Å². The lowest BCUT2D eigenvalue weighted by atomic mass is 9.91. The van der Waals surface area contributed by atoms with Crippen LogP contribution in [-0.2, 0) is 12.1 Å². The largest absolute Gasteiger partial charge is 0.382 e. The molecule has 0 aliphatic heterocycles. The van der Waals surface area contributed by atoms with E-state index in [0.29, 0.717) is 13.0 Å². The fraction of sp³-hybridized carbons (Fsp3) is 0.375. The first-order valence-corrected chi connectivity index (χ1v) is 10.5. The summed E-state index contributed by atoms with van der Waals surface area (Å²) in [6.07, 6.45) is 3.47. The zero-order chi connectivity index (χ0) is 15.3. The topological polar surface area (TPSA) is 50.9 Å². The second kappa shape index (κ2) is 6.25. The monoisotopic (exact) mass is 299 g/mol. The van der Waals surface area contributed by atoms with Gasteiger partial charge in [0.15, 0.2) is 0 Å². The van der Waals surface area contributed by atoms with Gasteiger partial charge in [0, 0.05) is 6.42 Å². The lowest BCUT2D eigenvalue weighted by molar-refractivity contribution is 0.0199. The Morgan fingerprint density at radius 2 is 1.95 bits per heavy atom. The molecule has 21 heavy (non-hydrogen) atoms. The lowest BCUT2D eigenvalue weighted by Crippen LogP contribution is -2.31. The molecule has 0 amide bonds. The standard InChI is InChI=1S/C16H21N3OSi/c1-21(2,3)11-7-10-16(20,12-19-14-17-13-18-19)15-8-5-4-6-9-15/h4-6,8-9,13-14,20H,10,12H2,1-3H3. The van der Waals surface area contributed by atoms with Crippen LogP contribution in [0.5, 0.6) is 0 Å². The van der Waals surface area contributed by atoms with Gasteiger partial charge in [0.05, 0.1) is 6.54 Å². The van der Waals surface area contributed by atoms with Gasteiger partial charge in [0.1, 0.15) is 26.3 Å². The van der Waals surface area contributed by atoms with Gasteiger partial charge in [-0.2, -0.15) is 5.10 Å². The van der Waals surface area contributed by atoms with E-state index in [9.17, 15) is 5.11 Å². The van der Waals surface area contributed by atoms with Crippen molar-refractivity contribution in [1.29, 1.82) is 0 Å². The van der Waals surface area contributed by atoms with E-state index in [2.05, 4.69) is 41.2 Å². The quantitative estimate of drug-likeness (QED) is 0.697. The molecular weight excluding hydrogens is 278 g/mol. The van der Waals surface area contributed by atoms with E-state index < -0.39 is 13.7 Å². The summed E-state index contributed by atoms with van der Waals surface area (Å²) >= 11 is 0. The highest BCUT2D eigenvalue weighted by Gasteiger charge is 2.29. The summed E-state index contributed by atoms with van der Waals surface area (Å²) < 4.78 is 1.64. The average Bonchev–Trinajstić information content (AvgIpc) is 2.91. The van der Waals surface area contributed by atoms with Crippen molar-refractivity contribution in [2.75, 3.05) is 0 Å². The first-order valence-electron chi connectivity index (χ1n) is 6.99. The molecule has 0 fully saturated rings. The van der Waals surface area contributed by atoms with Crippen LogP contribution in [0.25, 0.3) is 0 Å². The van der Waals surface area contributed by atoms with Crippen molar-refractivity contribution in [3.63, 3.8) is 0 Å². The number of hydrogen-bond acceptors (Lipinski definition) is 3. The highest BCUT2D eigenvalue weighted by Crippen LogP contribution is 2.26. The summed E-state index contributed by atoms with van der Waals surface area (Å²) in [6, 6.07) is 9.63. The van der Waals surface area contributed by atoms with Crippen molar-refractivity contribution >= 4 is 8.07 Å². The minimum absolute atomic E-state index is 0.345. The maximum absolute atomic E-state index is 11.1. The summed E-state index contributed by atoms with van der Waals surface area (Å²) in [5, 5.41) is 15.2. The number of aliphatic hydroxyl groups is 1. The Kier molecular flexibility index (Phi) is 4.61. The van der Waals surface area contributed by atoms with Crippen LogP contribution in [0.15, 0.2) is 43.0 Å². The first-order chi connectivity index (χ1) is 9.89. The zero-order valence-corrected chi connectivity index (χ0v) is 13.7. The van der Waals surface area contributed by atoms with Crippen LogP contribution in [0.2, 0.25) is 19.6 Å². The predicted octanol–water partition coefficient (Wildman–Crippen LogP) is 2.44. The van der Waals surface area contributed by atoms with Gasteiger partial charge in [0.2, 0.25) is 0 Å². The predicted molar refractivity (Wildman–Crippen MR) is 86.1 cm³/mol. The average molecular weight is 299 g/mol. The molecule has 0 saturated heterocycles. The molecule has 4 nitrogen and oxygen atoms in total. The van der Waals surface area contributed by atoms with E-state index in [0.717, 1.165) is 5.56 Å². The molecule has 0 radical (unpaired) electrons. The normalized spacial score (nSPS) is 14.1. The Bertz CT molecular complexity index is 623. The van der Waals surface area contributed by atoms with E-state index in [-0.39, 0.29) is 0 Å². The van der Waals surface area contributed by atoms with E-state index in [1.807, 2.05) is 30.3 Å². The molecule has 2 aromatic rings. The summed E-state index contributed by atoms with van der Waals surface area (Å²) in [7, 11) is -1.44. The maximum atomic E-state index is 11.1. The van der Waals surface area contributed by atoms with Crippen LogP contribution in [0, 0.1) is 11.5 Å². The van der Waals surface area contributed by atoms with Gasteiger partial charge < -0.3 is 5.11 Å². The molecule has 1 atom stereocenters. The Morgan fingerprint density at radius 1 is 1.24 bits per heavy atom. The third-order valence-corrected chi connectivity index (χ3v) is 3.97. The van der Waals surface area contributed by atoms with Crippen molar-refractivity contribution in [3.8, 4) is 11.5 Å². The molecule has 0 aliphatic rings. The molecule has 0 saturated carbocycles. The van der Waals surface area contributed by atoms with Gasteiger partial charge >= 0.3 is 0 Å². The third-order valence-electron chi connectivity index (χ3n) is 3.05.